The summed E-state index contributed by atoms with van der Waals surface area (Å²) in [5.41, 5.74) is 2.78. The quantitative estimate of drug-likeness (QED) is 0.321. The van der Waals surface area contributed by atoms with Gasteiger partial charge >= 0.3 is 0 Å². The van der Waals surface area contributed by atoms with Crippen molar-refractivity contribution in [3.63, 3.8) is 0 Å². The number of nitrogens with one attached hydrogen (secondary N) is 2. The van der Waals surface area contributed by atoms with Crippen LogP contribution in [0.5, 0.6) is 5.75 Å². The summed E-state index contributed by atoms with van der Waals surface area (Å²) in [6, 6.07) is 12.6. The summed E-state index contributed by atoms with van der Waals surface area (Å²) < 4.78 is 1.43. The van der Waals surface area contributed by atoms with Crippen molar-refractivity contribution in [1.82, 2.24) is 25.0 Å². The molecule has 0 radical (unpaired) electrons. The fourth-order valence-electron chi connectivity index (χ4n) is 4.74. The van der Waals surface area contributed by atoms with E-state index in [1.54, 1.807) is 36.3 Å². The first-order chi connectivity index (χ1) is 17.4. The Morgan fingerprint density at radius 1 is 1.22 bits per heavy atom. The summed E-state index contributed by atoms with van der Waals surface area (Å²) in [5.74, 6) is 0.0272. The molecule has 0 unspecified atom stereocenters. The molecule has 0 saturated heterocycles. The highest BCUT2D eigenvalue weighted by Crippen LogP contribution is 2.45. The van der Waals surface area contributed by atoms with E-state index in [0.29, 0.717) is 40.5 Å². The predicted octanol–water partition coefficient (Wildman–Crippen LogP) is 3.79. The number of hydrogen-bond donors (Lipinski definition) is 3. The van der Waals surface area contributed by atoms with Crippen molar-refractivity contribution in [1.29, 1.82) is 0 Å². The Hall–Kier alpha value is -4.44. The molecule has 180 valence electrons. The monoisotopic (exact) mass is 501 g/mol. The number of anilines is 2. The number of rotatable bonds is 4. The van der Waals surface area contributed by atoms with Crippen LogP contribution in [0.25, 0.3) is 21.7 Å². The fraction of sp³-hybridized carbons (Fsp3) is 0.160. The highest BCUT2D eigenvalue weighted by Gasteiger charge is 2.35. The van der Waals surface area contributed by atoms with Gasteiger partial charge in [0.15, 0.2) is 5.69 Å². The average Bonchev–Trinajstić information content (AvgIpc) is 3.60. The minimum atomic E-state index is -0.436. The Labute approximate surface area is 209 Å². The fourth-order valence-corrected chi connectivity index (χ4v) is 4.99. The number of phenols is 1. The zero-order valence-corrected chi connectivity index (χ0v) is 19.8. The summed E-state index contributed by atoms with van der Waals surface area (Å²) in [5, 5.41) is 23.2. The molecule has 3 N–H and O–H groups in total. The van der Waals surface area contributed by atoms with Gasteiger partial charge in [-0.05, 0) is 23.1 Å². The number of amides is 2. The van der Waals surface area contributed by atoms with Gasteiger partial charge in [0.2, 0.25) is 0 Å². The van der Waals surface area contributed by atoms with Crippen LogP contribution in [0.3, 0.4) is 0 Å². The molecule has 4 heterocycles. The van der Waals surface area contributed by atoms with Crippen molar-refractivity contribution < 1.29 is 14.7 Å². The minimum absolute atomic E-state index is 0.0648. The number of fused-ring (bicyclic) bond motifs is 4. The molecule has 1 aliphatic heterocycles. The number of aromatic nitrogens is 5. The largest absolute Gasteiger partial charge is 0.507 e. The lowest BCUT2D eigenvalue weighted by Crippen LogP contribution is -2.30. The maximum atomic E-state index is 13.6. The van der Waals surface area contributed by atoms with Crippen LogP contribution in [-0.2, 0) is 7.05 Å². The molecule has 0 bridgehead atoms. The molecule has 11 heteroatoms. The standard InChI is InChI=1S/C25H20ClN7O3/c1-32-12-19(30-31-32)24(35)29-22-7-13-6-17(28-18(13)10-27-22)25(36)33-11-14(9-26)23-16-5-3-2-4-15(16)21(34)8-20(23)33/h2-8,10,12,14,28,34H,9,11H2,1H3,(H,27,29,35)/t14-/m1/s1. The summed E-state index contributed by atoms with van der Waals surface area (Å²) in [6.07, 6.45) is 3.06. The van der Waals surface area contributed by atoms with E-state index in [1.807, 2.05) is 24.3 Å². The number of hydrogen-bond acceptors (Lipinski definition) is 6. The lowest BCUT2D eigenvalue weighted by Gasteiger charge is -2.17. The van der Waals surface area contributed by atoms with Gasteiger partial charge in [0.1, 0.15) is 17.3 Å². The van der Waals surface area contributed by atoms with E-state index >= 15 is 0 Å². The third-order valence-electron chi connectivity index (χ3n) is 6.39. The van der Waals surface area contributed by atoms with Crippen LogP contribution in [0.2, 0.25) is 0 Å². The van der Waals surface area contributed by atoms with Gasteiger partial charge in [0, 0.05) is 42.2 Å². The second-order valence-electron chi connectivity index (χ2n) is 8.71. The molecule has 6 rings (SSSR count). The third-order valence-corrected chi connectivity index (χ3v) is 6.76. The second kappa shape index (κ2) is 8.35. The number of pyridine rings is 1. The Balaban J connectivity index is 1.32. The van der Waals surface area contributed by atoms with Crippen LogP contribution in [0, 0.1) is 0 Å². The van der Waals surface area contributed by atoms with E-state index in [4.69, 9.17) is 11.6 Å². The molecule has 0 spiro atoms. The first-order valence-electron chi connectivity index (χ1n) is 11.2. The Morgan fingerprint density at radius 3 is 2.78 bits per heavy atom. The molecular weight excluding hydrogens is 482 g/mol. The molecule has 0 aliphatic carbocycles. The molecule has 1 aliphatic rings. The maximum absolute atomic E-state index is 13.6. The third kappa shape index (κ3) is 3.54. The van der Waals surface area contributed by atoms with Gasteiger partial charge in [-0.2, -0.15) is 0 Å². The SMILES string of the molecule is Cn1cc(C(=O)Nc2cc3cc(C(=O)N4C[C@@H](CCl)c5c4cc(O)c4ccccc54)[nH]c3cn2)nn1. The van der Waals surface area contributed by atoms with E-state index in [9.17, 15) is 14.7 Å². The van der Waals surface area contributed by atoms with E-state index in [1.165, 1.54) is 10.9 Å². The van der Waals surface area contributed by atoms with Crippen molar-refractivity contribution in [2.45, 2.75) is 5.92 Å². The van der Waals surface area contributed by atoms with E-state index in [-0.39, 0.29) is 23.3 Å². The summed E-state index contributed by atoms with van der Waals surface area (Å²) >= 11 is 6.30. The second-order valence-corrected chi connectivity index (χ2v) is 9.02. The normalized spacial score (nSPS) is 14.9. The number of aromatic hydroxyl groups is 1. The van der Waals surface area contributed by atoms with E-state index in [0.717, 1.165) is 16.3 Å². The summed E-state index contributed by atoms with van der Waals surface area (Å²) in [4.78, 5) is 35.0. The van der Waals surface area contributed by atoms with Gasteiger partial charge in [-0.25, -0.2) is 4.98 Å². The van der Waals surface area contributed by atoms with Gasteiger partial charge in [-0.15, -0.1) is 16.7 Å². The molecule has 2 amide bonds. The van der Waals surface area contributed by atoms with Gasteiger partial charge in [-0.1, -0.05) is 29.5 Å². The number of H-pyrrole nitrogens is 1. The van der Waals surface area contributed by atoms with Crippen LogP contribution < -0.4 is 10.2 Å². The average molecular weight is 502 g/mol. The Bertz CT molecular complexity index is 1680. The number of benzene rings is 2. The number of alkyl halides is 1. The number of carbonyl (C=O) groups excluding carboxylic acids is 2. The smallest absolute Gasteiger partial charge is 0.278 e. The van der Waals surface area contributed by atoms with Crippen molar-refractivity contribution in [3.8, 4) is 5.75 Å². The summed E-state index contributed by atoms with van der Waals surface area (Å²) in [7, 11) is 1.67. The number of phenolic OH excluding ortho intramolecular Hbond substituents is 1. The molecule has 36 heavy (non-hydrogen) atoms. The van der Waals surface area contributed by atoms with Gasteiger partial charge in [-0.3, -0.25) is 14.3 Å². The molecular formula is C25H20ClN7O3. The summed E-state index contributed by atoms with van der Waals surface area (Å²) in [6.45, 7) is 0.401. The van der Waals surface area contributed by atoms with Crippen molar-refractivity contribution >= 4 is 56.6 Å². The maximum Gasteiger partial charge on any atom is 0.278 e. The molecule has 3 aromatic heterocycles. The molecule has 10 nitrogen and oxygen atoms in total. The molecule has 0 fully saturated rings. The van der Waals surface area contributed by atoms with Crippen LogP contribution in [0.4, 0.5) is 11.5 Å². The van der Waals surface area contributed by atoms with Crippen LogP contribution in [-0.4, -0.2) is 54.3 Å². The lowest BCUT2D eigenvalue weighted by molar-refractivity contribution is 0.0982. The molecule has 5 aromatic rings. The first kappa shape index (κ1) is 22.1. The zero-order chi connectivity index (χ0) is 25.0. The van der Waals surface area contributed by atoms with Gasteiger partial charge in [0.05, 0.1) is 23.6 Å². The molecule has 0 saturated carbocycles. The number of carbonyl (C=O) groups is 2. The van der Waals surface area contributed by atoms with Crippen molar-refractivity contribution in [2.24, 2.45) is 7.05 Å². The first-order valence-corrected chi connectivity index (χ1v) is 11.7. The topological polar surface area (TPSA) is 129 Å². The van der Waals surface area contributed by atoms with E-state index < -0.39 is 5.91 Å². The number of nitrogens with zero attached hydrogens (tertiary/aromatic N) is 5. The molecule has 1 atom stereocenters. The van der Waals surface area contributed by atoms with Crippen molar-refractivity contribution in [2.75, 3.05) is 22.6 Å². The highest BCUT2D eigenvalue weighted by atomic mass is 35.5. The molecule has 2 aromatic carbocycles. The van der Waals surface area contributed by atoms with Crippen LogP contribution >= 0.6 is 11.6 Å². The van der Waals surface area contributed by atoms with E-state index in [2.05, 4.69) is 25.6 Å². The number of aromatic amines is 1. The number of halogens is 1. The zero-order valence-electron chi connectivity index (χ0n) is 19.1. The van der Waals surface area contributed by atoms with Crippen molar-refractivity contribution in [3.05, 3.63) is 71.8 Å². The van der Waals surface area contributed by atoms with Gasteiger partial charge in [0.25, 0.3) is 11.8 Å². The highest BCUT2D eigenvalue weighted by molar-refractivity contribution is 6.19. The Kier molecular flexibility index (Phi) is 5.11. The predicted molar refractivity (Wildman–Crippen MR) is 136 cm³/mol. The number of aryl methyl sites for hydroxylation is 1. The minimum Gasteiger partial charge on any atom is -0.507 e. The van der Waals surface area contributed by atoms with Gasteiger partial charge < -0.3 is 20.3 Å². The Morgan fingerprint density at radius 2 is 2.03 bits per heavy atom. The van der Waals surface area contributed by atoms with Crippen LogP contribution in [0.1, 0.15) is 32.5 Å². The van der Waals surface area contributed by atoms with Crippen LogP contribution in [0.15, 0.2) is 54.9 Å². The lowest BCUT2D eigenvalue weighted by atomic mass is 9.95.